The van der Waals surface area contributed by atoms with Gasteiger partial charge < -0.3 is 10.0 Å². The Bertz CT molecular complexity index is 1140. The van der Waals surface area contributed by atoms with Crippen molar-refractivity contribution >= 4 is 17.3 Å². The Labute approximate surface area is 189 Å². The summed E-state index contributed by atoms with van der Waals surface area (Å²) in [6.45, 7) is 0.904. The van der Waals surface area contributed by atoms with Crippen LogP contribution in [-0.2, 0) is 13.0 Å². The number of aryl methyl sites for hydroxylation is 1. The zero-order valence-electron chi connectivity index (χ0n) is 18.7. The molecular weight excluding hydrogens is 398 g/mol. The molecule has 1 aliphatic heterocycles. The fourth-order valence-electron chi connectivity index (χ4n) is 4.92. The number of aromatic carboxylic acids is 1. The van der Waals surface area contributed by atoms with Crippen LogP contribution in [0.4, 0.5) is 11.4 Å². The lowest BCUT2D eigenvalue weighted by molar-refractivity contribution is 0.0695. The summed E-state index contributed by atoms with van der Waals surface area (Å²) in [4.78, 5) is 20.2. The van der Waals surface area contributed by atoms with Crippen molar-refractivity contribution in [1.82, 2.24) is 9.88 Å². The van der Waals surface area contributed by atoms with Gasteiger partial charge in [-0.1, -0.05) is 18.2 Å². The van der Waals surface area contributed by atoms with Gasteiger partial charge in [0, 0.05) is 43.4 Å². The maximum absolute atomic E-state index is 11.5. The first-order chi connectivity index (χ1) is 15.5. The van der Waals surface area contributed by atoms with Gasteiger partial charge in [0.15, 0.2) is 0 Å². The van der Waals surface area contributed by atoms with E-state index in [0.29, 0.717) is 12.0 Å². The number of carbonyl (C=O) groups is 1. The number of hydrogen-bond acceptors (Lipinski definition) is 4. The minimum absolute atomic E-state index is 0.282. The lowest BCUT2D eigenvalue weighted by Gasteiger charge is -2.22. The van der Waals surface area contributed by atoms with E-state index in [1.165, 1.54) is 40.9 Å². The van der Waals surface area contributed by atoms with Crippen molar-refractivity contribution in [2.24, 2.45) is 0 Å². The molecule has 0 radical (unpaired) electrons. The third-order valence-electron chi connectivity index (χ3n) is 6.97. The predicted molar refractivity (Wildman–Crippen MR) is 127 cm³/mol. The maximum atomic E-state index is 11.5. The molecule has 164 valence electrons. The van der Waals surface area contributed by atoms with E-state index in [2.05, 4.69) is 71.3 Å². The lowest BCUT2D eigenvalue weighted by atomic mass is 9.96. The summed E-state index contributed by atoms with van der Waals surface area (Å²) in [7, 11) is 4.27. The second kappa shape index (κ2) is 8.40. The van der Waals surface area contributed by atoms with E-state index in [-0.39, 0.29) is 6.04 Å². The molecule has 32 heavy (non-hydrogen) atoms. The summed E-state index contributed by atoms with van der Waals surface area (Å²) in [5.74, 6) is -0.111. The number of pyridine rings is 1. The number of carboxylic acids is 1. The summed E-state index contributed by atoms with van der Waals surface area (Å²) >= 11 is 0. The maximum Gasteiger partial charge on any atom is 0.336 e. The first-order valence-corrected chi connectivity index (χ1v) is 11.3. The van der Waals surface area contributed by atoms with Crippen LogP contribution in [0.15, 0.2) is 60.9 Å². The topological polar surface area (TPSA) is 56.7 Å². The quantitative estimate of drug-likeness (QED) is 0.536. The molecule has 1 fully saturated rings. The van der Waals surface area contributed by atoms with Gasteiger partial charge in [-0.05, 0) is 91.2 Å². The van der Waals surface area contributed by atoms with E-state index in [9.17, 15) is 9.90 Å². The van der Waals surface area contributed by atoms with Crippen molar-refractivity contribution in [2.75, 3.05) is 19.0 Å². The van der Waals surface area contributed by atoms with E-state index >= 15 is 0 Å². The van der Waals surface area contributed by atoms with Gasteiger partial charge in [0.25, 0.3) is 0 Å². The third-order valence-corrected chi connectivity index (χ3v) is 6.97. The molecule has 2 aliphatic rings. The molecule has 0 amide bonds. The van der Waals surface area contributed by atoms with Crippen LogP contribution in [-0.4, -0.2) is 35.1 Å². The Balaban J connectivity index is 1.32. The van der Waals surface area contributed by atoms with Crippen LogP contribution in [0.25, 0.3) is 0 Å². The molecule has 5 rings (SSSR count). The predicted octanol–water partition coefficient (Wildman–Crippen LogP) is 5.54. The van der Waals surface area contributed by atoms with Crippen LogP contribution in [0.1, 0.15) is 63.8 Å². The standard InChI is InChI=1S/C27H29N3O2/c1-29-17-21-15-23(30(2)22-8-5-19(6-9-22)18-3-4-18)10-11-24(21)26(29)12-7-20-16-28-14-13-25(20)27(31)32/h5-6,8-11,13-16,18,26H,3-4,7,12,17H2,1-2H3,(H,31,32)/t26-/m0/s1. The molecule has 0 saturated heterocycles. The Morgan fingerprint density at radius 1 is 1.12 bits per heavy atom. The molecular formula is C27H29N3O2. The Morgan fingerprint density at radius 3 is 2.59 bits per heavy atom. The van der Waals surface area contributed by atoms with Gasteiger partial charge in [0.05, 0.1) is 5.56 Å². The molecule has 1 saturated carbocycles. The van der Waals surface area contributed by atoms with Crippen molar-refractivity contribution in [3.63, 3.8) is 0 Å². The Morgan fingerprint density at radius 2 is 1.88 bits per heavy atom. The van der Waals surface area contributed by atoms with Gasteiger partial charge in [0.1, 0.15) is 0 Å². The van der Waals surface area contributed by atoms with Crippen LogP contribution in [0, 0.1) is 0 Å². The SMILES string of the molecule is CN(c1ccc(C2CC2)cc1)c1ccc2c(c1)CN(C)[C@H]2CCc1cnccc1C(=O)O. The second-order valence-electron chi connectivity index (χ2n) is 9.12. The molecule has 2 heterocycles. The number of hydrogen-bond donors (Lipinski definition) is 1. The summed E-state index contributed by atoms with van der Waals surface area (Å²) < 4.78 is 0. The average Bonchev–Trinajstić information content (AvgIpc) is 3.60. The number of aromatic nitrogens is 1. The molecule has 5 nitrogen and oxygen atoms in total. The van der Waals surface area contributed by atoms with E-state index in [1.807, 2.05) is 0 Å². The number of nitrogens with zero attached hydrogens (tertiary/aromatic N) is 3. The molecule has 0 unspecified atom stereocenters. The van der Waals surface area contributed by atoms with Gasteiger partial charge >= 0.3 is 5.97 Å². The van der Waals surface area contributed by atoms with Crippen LogP contribution in [0.5, 0.6) is 0 Å². The average molecular weight is 428 g/mol. The number of benzene rings is 2. The van der Waals surface area contributed by atoms with Gasteiger partial charge in [0.2, 0.25) is 0 Å². The number of fused-ring (bicyclic) bond motifs is 1. The van der Waals surface area contributed by atoms with Crippen LogP contribution in [0.3, 0.4) is 0 Å². The molecule has 0 bridgehead atoms. The highest BCUT2D eigenvalue weighted by Gasteiger charge is 2.28. The van der Waals surface area contributed by atoms with E-state index in [4.69, 9.17) is 0 Å². The Kier molecular flexibility index (Phi) is 5.43. The fraction of sp³-hybridized carbons (Fsp3) is 0.333. The van der Waals surface area contributed by atoms with Crippen molar-refractivity contribution in [2.45, 2.75) is 44.2 Å². The van der Waals surface area contributed by atoms with Gasteiger partial charge in [-0.15, -0.1) is 0 Å². The monoisotopic (exact) mass is 427 g/mol. The van der Waals surface area contributed by atoms with E-state index < -0.39 is 5.97 Å². The lowest BCUT2D eigenvalue weighted by Crippen LogP contribution is -2.17. The highest BCUT2D eigenvalue weighted by Crippen LogP contribution is 2.41. The molecule has 1 aliphatic carbocycles. The molecule has 0 spiro atoms. The van der Waals surface area contributed by atoms with Crippen molar-refractivity contribution < 1.29 is 9.90 Å². The van der Waals surface area contributed by atoms with Crippen LogP contribution < -0.4 is 4.90 Å². The van der Waals surface area contributed by atoms with Crippen molar-refractivity contribution in [3.05, 3.63) is 88.7 Å². The molecule has 1 N–H and O–H groups in total. The zero-order valence-corrected chi connectivity index (χ0v) is 18.7. The highest BCUT2D eigenvalue weighted by molar-refractivity contribution is 5.89. The van der Waals surface area contributed by atoms with Crippen molar-refractivity contribution in [3.8, 4) is 0 Å². The summed E-state index contributed by atoms with van der Waals surface area (Å²) in [5.41, 5.74) is 7.70. The van der Waals surface area contributed by atoms with Crippen LogP contribution >= 0.6 is 0 Å². The first-order valence-electron chi connectivity index (χ1n) is 11.3. The van der Waals surface area contributed by atoms with Gasteiger partial charge in [-0.2, -0.15) is 0 Å². The molecule has 3 aromatic rings. The molecule has 1 aromatic heterocycles. The molecule has 5 heteroatoms. The number of anilines is 2. The third kappa shape index (κ3) is 4.00. The number of rotatable bonds is 7. The Hall–Kier alpha value is -3.18. The zero-order chi connectivity index (χ0) is 22.2. The smallest absolute Gasteiger partial charge is 0.336 e. The molecule has 1 atom stereocenters. The minimum Gasteiger partial charge on any atom is -0.478 e. The van der Waals surface area contributed by atoms with Crippen LogP contribution in [0.2, 0.25) is 0 Å². The summed E-state index contributed by atoms with van der Waals surface area (Å²) in [6.07, 6.45) is 7.44. The fourth-order valence-corrected chi connectivity index (χ4v) is 4.92. The normalized spacial score (nSPS) is 17.9. The summed E-state index contributed by atoms with van der Waals surface area (Å²) in [5, 5.41) is 9.45. The largest absolute Gasteiger partial charge is 0.478 e. The van der Waals surface area contributed by atoms with Gasteiger partial charge in [-0.25, -0.2) is 4.79 Å². The van der Waals surface area contributed by atoms with E-state index in [1.54, 1.807) is 18.5 Å². The number of carboxylic acid groups (broad SMARTS) is 1. The second-order valence-corrected chi connectivity index (χ2v) is 9.12. The van der Waals surface area contributed by atoms with Crippen molar-refractivity contribution in [1.29, 1.82) is 0 Å². The first kappa shape index (κ1) is 20.7. The minimum atomic E-state index is -0.889. The molecule has 2 aromatic carbocycles. The summed E-state index contributed by atoms with van der Waals surface area (Å²) in [6, 6.07) is 17.6. The van der Waals surface area contributed by atoms with E-state index in [0.717, 1.165) is 24.4 Å². The van der Waals surface area contributed by atoms with Gasteiger partial charge in [-0.3, -0.25) is 9.88 Å². The highest BCUT2D eigenvalue weighted by atomic mass is 16.4.